The number of nitrogens with zero attached hydrogens (tertiary/aromatic N) is 1. The highest BCUT2D eigenvalue weighted by atomic mass is 127. The molecule has 0 aliphatic heterocycles. The van der Waals surface area contributed by atoms with Crippen LogP contribution in [0, 0.1) is 14.9 Å². The van der Waals surface area contributed by atoms with Crippen LogP contribution in [0.2, 0.25) is 0 Å². The number of hydrogen-bond donors (Lipinski definition) is 2. The minimum atomic E-state index is -1.08. The van der Waals surface area contributed by atoms with E-state index in [1.54, 1.807) is 24.3 Å². The Bertz CT molecular complexity index is 942. The predicted molar refractivity (Wildman–Crippen MR) is 118 cm³/mol. The van der Waals surface area contributed by atoms with E-state index in [-0.39, 0.29) is 5.57 Å². The lowest BCUT2D eigenvalue weighted by Crippen LogP contribution is -2.13. The van der Waals surface area contributed by atoms with Gasteiger partial charge >= 0.3 is 5.97 Å². The van der Waals surface area contributed by atoms with Gasteiger partial charge in [-0.05, 0) is 86.4 Å². The van der Waals surface area contributed by atoms with Gasteiger partial charge in [0.05, 0.1) is 8.04 Å². The van der Waals surface area contributed by atoms with Crippen molar-refractivity contribution < 1.29 is 19.4 Å². The van der Waals surface area contributed by atoms with Crippen molar-refractivity contribution in [1.29, 1.82) is 5.26 Å². The Morgan fingerprint density at radius 1 is 1.32 bits per heavy atom. The molecule has 0 fully saturated rings. The minimum absolute atomic E-state index is 0.0542. The van der Waals surface area contributed by atoms with Gasteiger partial charge in [-0.3, -0.25) is 4.79 Å². The number of nitriles is 1. The van der Waals surface area contributed by atoms with Crippen molar-refractivity contribution >= 4 is 62.2 Å². The first-order valence-electron chi connectivity index (χ1n) is 8.19. The van der Waals surface area contributed by atoms with E-state index < -0.39 is 18.5 Å². The van der Waals surface area contributed by atoms with Gasteiger partial charge in [0.2, 0.25) is 0 Å². The van der Waals surface area contributed by atoms with Crippen LogP contribution >= 0.6 is 38.5 Å². The molecule has 0 unspecified atom stereocenters. The van der Waals surface area contributed by atoms with Gasteiger partial charge in [-0.2, -0.15) is 5.26 Å². The fourth-order valence-electron chi connectivity index (χ4n) is 2.27. The summed E-state index contributed by atoms with van der Waals surface area (Å²) in [4.78, 5) is 23.1. The molecule has 0 radical (unpaired) electrons. The van der Waals surface area contributed by atoms with Gasteiger partial charge in [0, 0.05) is 5.69 Å². The largest absolute Gasteiger partial charge is 0.480 e. The van der Waals surface area contributed by atoms with E-state index >= 15 is 0 Å². The van der Waals surface area contributed by atoms with E-state index in [4.69, 9.17) is 9.84 Å². The first-order chi connectivity index (χ1) is 13.3. The quantitative estimate of drug-likeness (QED) is 0.295. The molecule has 0 aliphatic rings. The molecule has 0 aliphatic carbocycles. The van der Waals surface area contributed by atoms with Crippen LogP contribution in [0.1, 0.15) is 18.1 Å². The number of carbonyl (C=O) groups is 2. The highest BCUT2D eigenvalue weighted by molar-refractivity contribution is 14.1. The number of halogens is 2. The number of rotatable bonds is 7. The highest BCUT2D eigenvalue weighted by Crippen LogP contribution is 2.32. The summed E-state index contributed by atoms with van der Waals surface area (Å²) in [5, 5.41) is 20.8. The molecule has 2 aromatic rings. The Hall–Kier alpha value is -2.38. The molecule has 8 heteroatoms. The molecular weight excluding hydrogens is 539 g/mol. The van der Waals surface area contributed by atoms with Gasteiger partial charge in [-0.1, -0.05) is 19.1 Å². The van der Waals surface area contributed by atoms with Crippen LogP contribution in [0.15, 0.2) is 46.4 Å². The van der Waals surface area contributed by atoms with E-state index in [2.05, 4.69) is 21.2 Å². The van der Waals surface area contributed by atoms with Crippen molar-refractivity contribution in [1.82, 2.24) is 0 Å². The van der Waals surface area contributed by atoms with Gasteiger partial charge in [0.1, 0.15) is 17.4 Å². The number of ether oxygens (including phenoxy) is 1. The average Bonchev–Trinajstić information content (AvgIpc) is 2.65. The summed E-state index contributed by atoms with van der Waals surface area (Å²) in [6.45, 7) is 1.58. The molecule has 0 saturated carbocycles. The lowest BCUT2D eigenvalue weighted by atomic mass is 10.1. The lowest BCUT2D eigenvalue weighted by Gasteiger charge is -2.10. The molecule has 0 bridgehead atoms. The number of aliphatic carboxylic acids is 1. The molecule has 2 aromatic carbocycles. The maximum Gasteiger partial charge on any atom is 0.341 e. The average molecular weight is 555 g/mol. The first-order valence-corrected chi connectivity index (χ1v) is 10.1. The third-order valence-electron chi connectivity index (χ3n) is 3.66. The minimum Gasteiger partial charge on any atom is -0.480 e. The lowest BCUT2D eigenvalue weighted by molar-refractivity contribution is -0.139. The van der Waals surface area contributed by atoms with Crippen molar-refractivity contribution in [2.24, 2.45) is 0 Å². The van der Waals surface area contributed by atoms with E-state index in [0.717, 1.165) is 12.0 Å². The summed E-state index contributed by atoms with van der Waals surface area (Å²) in [6, 6.07) is 12.7. The second-order valence-electron chi connectivity index (χ2n) is 5.67. The van der Waals surface area contributed by atoms with Crippen LogP contribution in [0.3, 0.4) is 0 Å². The van der Waals surface area contributed by atoms with E-state index in [9.17, 15) is 14.9 Å². The Morgan fingerprint density at radius 2 is 2.00 bits per heavy atom. The zero-order valence-electron chi connectivity index (χ0n) is 14.8. The van der Waals surface area contributed by atoms with Crippen LogP contribution in [-0.2, 0) is 16.0 Å². The Morgan fingerprint density at radius 3 is 2.54 bits per heavy atom. The first kappa shape index (κ1) is 21.9. The van der Waals surface area contributed by atoms with Crippen molar-refractivity contribution in [3.05, 3.63) is 61.1 Å². The Balaban J connectivity index is 2.21. The van der Waals surface area contributed by atoms with Crippen molar-refractivity contribution in [2.75, 3.05) is 11.9 Å². The summed E-state index contributed by atoms with van der Waals surface area (Å²) < 4.78 is 6.41. The molecule has 0 saturated heterocycles. The number of carbonyl (C=O) groups excluding carboxylic acids is 1. The van der Waals surface area contributed by atoms with Crippen LogP contribution in [-0.4, -0.2) is 23.6 Å². The summed E-state index contributed by atoms with van der Waals surface area (Å²) >= 11 is 5.33. The molecule has 0 atom stereocenters. The molecule has 144 valence electrons. The second-order valence-corrected chi connectivity index (χ2v) is 7.69. The molecule has 0 spiro atoms. The van der Waals surface area contributed by atoms with E-state index in [1.807, 2.05) is 47.7 Å². The van der Waals surface area contributed by atoms with Gasteiger partial charge in [-0.15, -0.1) is 0 Å². The zero-order chi connectivity index (χ0) is 20.7. The van der Waals surface area contributed by atoms with E-state index in [1.165, 1.54) is 6.08 Å². The van der Waals surface area contributed by atoms with Crippen molar-refractivity contribution in [3.63, 3.8) is 0 Å². The Kier molecular flexibility index (Phi) is 8.02. The monoisotopic (exact) mass is 554 g/mol. The molecule has 2 N–H and O–H groups in total. The number of carboxylic acids is 1. The third kappa shape index (κ3) is 6.07. The number of nitrogens with one attached hydrogen (secondary N) is 1. The maximum absolute atomic E-state index is 12.4. The summed E-state index contributed by atoms with van der Waals surface area (Å²) in [5.41, 5.74) is 2.31. The fraction of sp³-hybridized carbons (Fsp3) is 0.150. The highest BCUT2D eigenvalue weighted by Gasteiger charge is 2.13. The molecule has 0 aromatic heterocycles. The molecule has 28 heavy (non-hydrogen) atoms. The number of anilines is 1. The fourth-order valence-corrected chi connectivity index (χ4v) is 4.04. The molecule has 2 rings (SSSR count). The smallest absolute Gasteiger partial charge is 0.341 e. The zero-order valence-corrected chi connectivity index (χ0v) is 18.6. The number of benzene rings is 2. The topological polar surface area (TPSA) is 99.4 Å². The SMILES string of the molecule is CCc1ccc(NC(=O)/C(C#N)=C/c2cc(Br)c(OCC(=O)O)c(I)c2)cc1. The normalized spacial score (nSPS) is 10.9. The summed E-state index contributed by atoms with van der Waals surface area (Å²) in [7, 11) is 0. The second kappa shape index (κ2) is 10.2. The number of carboxylic acid groups (broad SMARTS) is 1. The van der Waals surface area contributed by atoms with E-state index in [0.29, 0.717) is 25.0 Å². The van der Waals surface area contributed by atoms with Gasteiger partial charge in [0.15, 0.2) is 6.61 Å². The number of hydrogen-bond acceptors (Lipinski definition) is 4. The Labute approximate surface area is 184 Å². The number of aryl methyl sites for hydroxylation is 1. The molecular formula is C20H16BrIN2O4. The van der Waals surface area contributed by atoms with Gasteiger partial charge in [-0.25, -0.2) is 4.79 Å². The summed E-state index contributed by atoms with van der Waals surface area (Å²) in [6.07, 6.45) is 2.36. The van der Waals surface area contributed by atoms with Crippen LogP contribution in [0.25, 0.3) is 6.08 Å². The predicted octanol–water partition coefficient (Wildman–Crippen LogP) is 4.63. The van der Waals surface area contributed by atoms with Crippen molar-refractivity contribution in [2.45, 2.75) is 13.3 Å². The standard InChI is InChI=1S/C20H16BrIN2O4/c1-2-12-3-5-15(6-4-12)24-20(27)14(10-23)7-13-8-16(21)19(17(22)9-13)28-11-18(25)26/h3-9H,2,11H2,1H3,(H,24,27)(H,25,26)/b14-7+. The number of amides is 1. The van der Waals surface area contributed by atoms with Gasteiger partial charge < -0.3 is 15.2 Å². The maximum atomic E-state index is 12.4. The molecule has 1 amide bonds. The molecule has 6 nitrogen and oxygen atoms in total. The van der Waals surface area contributed by atoms with Gasteiger partial charge in [0.25, 0.3) is 5.91 Å². The van der Waals surface area contributed by atoms with Crippen LogP contribution in [0.4, 0.5) is 5.69 Å². The van der Waals surface area contributed by atoms with Crippen LogP contribution < -0.4 is 10.1 Å². The van der Waals surface area contributed by atoms with Crippen molar-refractivity contribution in [3.8, 4) is 11.8 Å². The summed E-state index contributed by atoms with van der Waals surface area (Å²) in [5.74, 6) is -1.20. The molecule has 0 heterocycles. The van der Waals surface area contributed by atoms with Crippen LogP contribution in [0.5, 0.6) is 5.75 Å². The third-order valence-corrected chi connectivity index (χ3v) is 5.05.